The number of ether oxygens (including phenoxy) is 2. The van der Waals surface area contributed by atoms with Gasteiger partial charge in [-0.1, -0.05) is 28.8 Å². The molecule has 3 nitrogen and oxygen atoms in total. The average Bonchev–Trinajstić information content (AvgIpc) is 2.91. The normalized spacial score (nSPS) is 17.8. The van der Waals surface area contributed by atoms with E-state index in [9.17, 15) is 0 Å². The molecule has 0 radical (unpaired) electrons. The van der Waals surface area contributed by atoms with Gasteiger partial charge in [0.2, 0.25) is 0 Å². The summed E-state index contributed by atoms with van der Waals surface area (Å²) in [5.41, 5.74) is 7.50. The zero-order valence-electron chi connectivity index (χ0n) is 10.9. The van der Waals surface area contributed by atoms with Crippen LogP contribution in [-0.2, 0) is 0 Å². The van der Waals surface area contributed by atoms with Crippen molar-refractivity contribution in [3.8, 4) is 11.5 Å². The minimum Gasteiger partial charge on any atom is -0.493 e. The second-order valence-electron chi connectivity index (χ2n) is 4.80. The highest BCUT2D eigenvalue weighted by Gasteiger charge is 2.25. The van der Waals surface area contributed by atoms with E-state index in [1.807, 2.05) is 12.1 Å². The fourth-order valence-corrected chi connectivity index (χ4v) is 3.28. The van der Waals surface area contributed by atoms with Gasteiger partial charge < -0.3 is 15.2 Å². The molecule has 0 saturated heterocycles. The Kier molecular flexibility index (Phi) is 4.51. The monoisotopic (exact) mass is 313 g/mol. The first-order valence-corrected chi connectivity index (χ1v) is 7.13. The second kappa shape index (κ2) is 5.93. The number of hydrogen-bond donors (Lipinski definition) is 1. The summed E-state index contributed by atoms with van der Waals surface area (Å²) in [6.07, 6.45) is 5.04. The summed E-state index contributed by atoms with van der Waals surface area (Å²) < 4.78 is 11.6. The first kappa shape index (κ1) is 13.7. The summed E-state index contributed by atoms with van der Waals surface area (Å²) in [6.45, 7) is 0. The van der Waals surface area contributed by atoms with Crippen LogP contribution in [0, 0.1) is 5.92 Å². The molecule has 1 aromatic carbocycles. The maximum Gasteiger partial charge on any atom is 0.161 e. The van der Waals surface area contributed by atoms with Crippen LogP contribution in [0.3, 0.4) is 0 Å². The largest absolute Gasteiger partial charge is 0.493 e. The van der Waals surface area contributed by atoms with Gasteiger partial charge in [0.1, 0.15) is 0 Å². The molecule has 0 spiro atoms. The van der Waals surface area contributed by atoms with Crippen molar-refractivity contribution < 1.29 is 9.47 Å². The average molecular weight is 314 g/mol. The van der Waals surface area contributed by atoms with E-state index in [0.717, 1.165) is 21.5 Å². The molecular formula is C14H20BrNO2. The Morgan fingerprint density at radius 3 is 2.28 bits per heavy atom. The standard InChI is InChI=1S/C14H20BrNO2/c1-17-12-7-10(11(15)8-13(12)18-2)14(16)9-5-3-4-6-9/h7-9,14H,3-6,16H2,1-2H3. The van der Waals surface area contributed by atoms with Gasteiger partial charge in [-0.25, -0.2) is 0 Å². The van der Waals surface area contributed by atoms with E-state index in [-0.39, 0.29) is 6.04 Å². The molecule has 0 bridgehead atoms. The van der Waals surface area contributed by atoms with Crippen LogP contribution in [-0.4, -0.2) is 14.2 Å². The van der Waals surface area contributed by atoms with E-state index in [4.69, 9.17) is 15.2 Å². The van der Waals surface area contributed by atoms with Crippen molar-refractivity contribution in [1.82, 2.24) is 0 Å². The molecule has 1 aliphatic carbocycles. The molecule has 1 aliphatic rings. The van der Waals surface area contributed by atoms with Crippen LogP contribution in [0.25, 0.3) is 0 Å². The highest BCUT2D eigenvalue weighted by Crippen LogP contribution is 2.41. The van der Waals surface area contributed by atoms with Gasteiger partial charge in [0.25, 0.3) is 0 Å². The van der Waals surface area contributed by atoms with E-state index in [0.29, 0.717) is 5.92 Å². The van der Waals surface area contributed by atoms with Crippen molar-refractivity contribution in [3.05, 3.63) is 22.2 Å². The van der Waals surface area contributed by atoms with Gasteiger partial charge in [-0.15, -0.1) is 0 Å². The molecular weight excluding hydrogens is 294 g/mol. The molecule has 1 fully saturated rings. The predicted octanol–water partition coefficient (Wildman–Crippen LogP) is 3.66. The van der Waals surface area contributed by atoms with Crippen molar-refractivity contribution in [2.24, 2.45) is 11.7 Å². The minimum atomic E-state index is 0.0710. The van der Waals surface area contributed by atoms with Gasteiger partial charge in [-0.3, -0.25) is 0 Å². The third-order valence-electron chi connectivity index (χ3n) is 3.77. The fraction of sp³-hybridized carbons (Fsp3) is 0.571. The van der Waals surface area contributed by atoms with Crippen LogP contribution >= 0.6 is 15.9 Å². The van der Waals surface area contributed by atoms with Gasteiger partial charge in [0.05, 0.1) is 14.2 Å². The molecule has 1 unspecified atom stereocenters. The fourth-order valence-electron chi connectivity index (χ4n) is 2.70. The summed E-state index contributed by atoms with van der Waals surface area (Å²) >= 11 is 3.58. The predicted molar refractivity (Wildman–Crippen MR) is 76.1 cm³/mol. The molecule has 0 aliphatic heterocycles. The molecule has 1 aromatic rings. The Labute approximate surface area is 117 Å². The summed E-state index contributed by atoms with van der Waals surface area (Å²) in [5, 5.41) is 0. The Bertz CT molecular complexity index is 417. The number of hydrogen-bond acceptors (Lipinski definition) is 3. The van der Waals surface area contributed by atoms with Gasteiger partial charge in [-0.05, 0) is 36.5 Å². The number of nitrogens with two attached hydrogens (primary N) is 1. The molecule has 1 atom stereocenters. The zero-order valence-corrected chi connectivity index (χ0v) is 12.5. The number of halogens is 1. The summed E-state index contributed by atoms with van der Waals surface area (Å²) in [4.78, 5) is 0. The molecule has 100 valence electrons. The summed E-state index contributed by atoms with van der Waals surface area (Å²) in [5.74, 6) is 2.05. The Balaban J connectivity index is 2.31. The van der Waals surface area contributed by atoms with Crippen molar-refractivity contribution >= 4 is 15.9 Å². The zero-order chi connectivity index (χ0) is 13.1. The van der Waals surface area contributed by atoms with Crippen LogP contribution < -0.4 is 15.2 Å². The lowest BCUT2D eigenvalue weighted by atomic mass is 9.92. The third-order valence-corrected chi connectivity index (χ3v) is 4.46. The van der Waals surface area contributed by atoms with E-state index < -0.39 is 0 Å². The molecule has 1 saturated carbocycles. The molecule has 0 amide bonds. The first-order chi connectivity index (χ1) is 8.67. The van der Waals surface area contributed by atoms with Crippen molar-refractivity contribution in [2.75, 3.05) is 14.2 Å². The summed E-state index contributed by atoms with van der Waals surface area (Å²) in [6, 6.07) is 4.00. The van der Waals surface area contributed by atoms with E-state index in [1.54, 1.807) is 14.2 Å². The van der Waals surface area contributed by atoms with Crippen molar-refractivity contribution in [3.63, 3.8) is 0 Å². The van der Waals surface area contributed by atoms with Crippen molar-refractivity contribution in [2.45, 2.75) is 31.7 Å². The SMILES string of the molecule is COc1cc(Br)c(C(N)C2CCCC2)cc1OC. The maximum atomic E-state index is 6.39. The van der Waals surface area contributed by atoms with Crippen LogP contribution in [0.4, 0.5) is 0 Å². The van der Waals surface area contributed by atoms with E-state index >= 15 is 0 Å². The van der Waals surface area contributed by atoms with Gasteiger partial charge in [-0.2, -0.15) is 0 Å². The highest BCUT2D eigenvalue weighted by atomic mass is 79.9. The molecule has 0 aromatic heterocycles. The topological polar surface area (TPSA) is 44.5 Å². The lowest BCUT2D eigenvalue weighted by Crippen LogP contribution is -2.19. The summed E-state index contributed by atoms with van der Waals surface area (Å²) in [7, 11) is 3.29. The molecule has 4 heteroatoms. The van der Waals surface area contributed by atoms with Crippen LogP contribution in [0.5, 0.6) is 11.5 Å². The second-order valence-corrected chi connectivity index (χ2v) is 5.65. The molecule has 2 N–H and O–H groups in total. The van der Waals surface area contributed by atoms with Gasteiger partial charge >= 0.3 is 0 Å². The Morgan fingerprint density at radius 2 is 1.72 bits per heavy atom. The minimum absolute atomic E-state index is 0.0710. The first-order valence-electron chi connectivity index (χ1n) is 6.34. The smallest absolute Gasteiger partial charge is 0.161 e. The van der Waals surface area contributed by atoms with E-state index in [2.05, 4.69) is 15.9 Å². The molecule has 18 heavy (non-hydrogen) atoms. The Morgan fingerprint density at radius 1 is 1.17 bits per heavy atom. The Hall–Kier alpha value is -0.740. The van der Waals surface area contributed by atoms with Crippen molar-refractivity contribution in [1.29, 1.82) is 0 Å². The number of rotatable bonds is 4. The lowest BCUT2D eigenvalue weighted by Gasteiger charge is -2.22. The molecule has 0 heterocycles. The number of benzene rings is 1. The lowest BCUT2D eigenvalue weighted by molar-refractivity contribution is 0.352. The van der Waals surface area contributed by atoms with Crippen LogP contribution in [0.1, 0.15) is 37.3 Å². The van der Waals surface area contributed by atoms with Crippen LogP contribution in [0.2, 0.25) is 0 Å². The van der Waals surface area contributed by atoms with Gasteiger partial charge in [0.15, 0.2) is 11.5 Å². The van der Waals surface area contributed by atoms with Gasteiger partial charge in [0, 0.05) is 10.5 Å². The third kappa shape index (κ3) is 2.64. The molecule has 2 rings (SSSR count). The number of methoxy groups -OCH3 is 2. The highest BCUT2D eigenvalue weighted by molar-refractivity contribution is 9.10. The maximum absolute atomic E-state index is 6.39. The van der Waals surface area contributed by atoms with E-state index in [1.165, 1.54) is 25.7 Å². The quantitative estimate of drug-likeness (QED) is 0.922. The van der Waals surface area contributed by atoms with Crippen LogP contribution in [0.15, 0.2) is 16.6 Å².